The summed E-state index contributed by atoms with van der Waals surface area (Å²) in [6, 6.07) is 8.09. The van der Waals surface area contributed by atoms with E-state index in [1.165, 1.54) is 12.1 Å². The number of rotatable bonds is 3. The molecule has 6 heteroatoms. The fourth-order valence-corrected chi connectivity index (χ4v) is 4.36. The molecule has 0 radical (unpaired) electrons. The molecule has 2 aromatic carbocycles. The summed E-state index contributed by atoms with van der Waals surface area (Å²) in [5, 5.41) is 0.574. The van der Waals surface area contributed by atoms with Crippen molar-refractivity contribution in [2.45, 2.75) is 4.83 Å². The maximum Gasteiger partial charge on any atom is 0.137 e. The van der Waals surface area contributed by atoms with Crippen molar-refractivity contribution < 1.29 is 9.13 Å². The highest BCUT2D eigenvalue weighted by Gasteiger charge is 2.21. The molecule has 0 heterocycles. The van der Waals surface area contributed by atoms with Crippen LogP contribution in [0.15, 0.2) is 39.3 Å². The van der Waals surface area contributed by atoms with Gasteiger partial charge in [0.2, 0.25) is 0 Å². The summed E-state index contributed by atoms with van der Waals surface area (Å²) in [7, 11) is 1.58. The average molecular weight is 487 g/mol. The average Bonchev–Trinajstić information content (AvgIpc) is 2.40. The van der Waals surface area contributed by atoms with Gasteiger partial charge in [0, 0.05) is 15.1 Å². The molecule has 1 atom stereocenters. The highest BCUT2D eigenvalue weighted by atomic mass is 79.9. The predicted octanol–water partition coefficient (Wildman–Crippen LogP) is 6.50. The molecule has 0 bridgehead atoms. The van der Waals surface area contributed by atoms with Gasteiger partial charge in [-0.2, -0.15) is 0 Å². The second-order valence-corrected chi connectivity index (χ2v) is 7.10. The third-order valence-corrected chi connectivity index (χ3v) is 5.26. The second kappa shape index (κ2) is 6.77. The van der Waals surface area contributed by atoms with Crippen LogP contribution in [-0.4, -0.2) is 7.11 Å². The Balaban J connectivity index is 2.58. The van der Waals surface area contributed by atoms with Crippen LogP contribution in [0.1, 0.15) is 16.0 Å². The minimum Gasteiger partial charge on any atom is -0.495 e. The van der Waals surface area contributed by atoms with E-state index in [-0.39, 0.29) is 10.6 Å². The first-order chi connectivity index (χ1) is 9.43. The van der Waals surface area contributed by atoms with Crippen LogP contribution in [0.25, 0.3) is 0 Å². The fourth-order valence-electron chi connectivity index (χ4n) is 1.86. The van der Waals surface area contributed by atoms with Gasteiger partial charge in [-0.05, 0) is 51.8 Å². The van der Waals surface area contributed by atoms with E-state index in [9.17, 15) is 4.39 Å². The van der Waals surface area contributed by atoms with Crippen molar-refractivity contribution in [1.82, 2.24) is 0 Å². The monoisotopic (exact) mass is 484 g/mol. The van der Waals surface area contributed by atoms with Gasteiger partial charge in [-0.3, -0.25) is 0 Å². The van der Waals surface area contributed by atoms with Gasteiger partial charge < -0.3 is 4.74 Å². The zero-order valence-electron chi connectivity index (χ0n) is 10.3. The smallest absolute Gasteiger partial charge is 0.137 e. The third-order valence-electron chi connectivity index (χ3n) is 2.75. The van der Waals surface area contributed by atoms with Gasteiger partial charge >= 0.3 is 0 Å². The number of alkyl halides is 1. The Hall–Kier alpha value is -0.100. The van der Waals surface area contributed by atoms with E-state index in [0.29, 0.717) is 10.8 Å². The van der Waals surface area contributed by atoms with Crippen molar-refractivity contribution in [2.24, 2.45) is 0 Å². The van der Waals surface area contributed by atoms with Crippen molar-refractivity contribution in [3.63, 3.8) is 0 Å². The lowest BCUT2D eigenvalue weighted by Crippen LogP contribution is -1.99. The topological polar surface area (TPSA) is 9.23 Å². The van der Waals surface area contributed by atoms with Crippen LogP contribution in [0.3, 0.4) is 0 Å². The maximum atomic E-state index is 13.5. The number of ether oxygens (including phenoxy) is 1. The SMILES string of the molecule is COc1c(Br)cc(Cl)cc1C(Br)c1cc(F)ccc1Br. The third kappa shape index (κ3) is 3.38. The Bertz CT molecular complexity index is 649. The molecule has 0 aliphatic heterocycles. The zero-order chi connectivity index (χ0) is 14.9. The van der Waals surface area contributed by atoms with Gasteiger partial charge in [-0.1, -0.05) is 43.5 Å². The van der Waals surface area contributed by atoms with Crippen molar-refractivity contribution in [3.05, 3.63) is 61.2 Å². The molecule has 1 nitrogen and oxygen atoms in total. The number of hydrogen-bond acceptors (Lipinski definition) is 1. The molecule has 2 rings (SSSR count). The summed E-state index contributed by atoms with van der Waals surface area (Å²) in [6.07, 6.45) is 0. The molecule has 0 aromatic heterocycles. The van der Waals surface area contributed by atoms with Crippen LogP contribution in [0, 0.1) is 5.82 Å². The molecule has 0 aliphatic carbocycles. The molecule has 1 unspecified atom stereocenters. The molecule has 20 heavy (non-hydrogen) atoms. The molecule has 2 aromatic rings. The molecule has 0 fully saturated rings. The lowest BCUT2D eigenvalue weighted by molar-refractivity contribution is 0.407. The zero-order valence-corrected chi connectivity index (χ0v) is 15.8. The van der Waals surface area contributed by atoms with Crippen molar-refractivity contribution in [1.29, 1.82) is 0 Å². The quantitative estimate of drug-likeness (QED) is 0.450. The van der Waals surface area contributed by atoms with E-state index in [1.54, 1.807) is 25.3 Å². The first-order valence-corrected chi connectivity index (χ1v) is 8.44. The van der Waals surface area contributed by atoms with Gasteiger partial charge in [-0.15, -0.1) is 0 Å². The van der Waals surface area contributed by atoms with Gasteiger partial charge in [0.25, 0.3) is 0 Å². The molecule has 0 N–H and O–H groups in total. The molecule has 106 valence electrons. The summed E-state index contributed by atoms with van der Waals surface area (Å²) in [6.45, 7) is 0. The fraction of sp³-hybridized carbons (Fsp3) is 0.143. The van der Waals surface area contributed by atoms with E-state index < -0.39 is 0 Å². The van der Waals surface area contributed by atoms with Gasteiger partial charge in [0.1, 0.15) is 11.6 Å². The van der Waals surface area contributed by atoms with Crippen LogP contribution in [-0.2, 0) is 0 Å². The lowest BCUT2D eigenvalue weighted by atomic mass is 10.0. The van der Waals surface area contributed by atoms with Crippen molar-refractivity contribution >= 4 is 59.4 Å². The summed E-state index contributed by atoms with van der Waals surface area (Å²) < 4.78 is 20.4. The molecule has 0 aliphatic rings. The number of methoxy groups -OCH3 is 1. The van der Waals surface area contributed by atoms with E-state index in [4.69, 9.17) is 16.3 Å². The Morgan fingerprint density at radius 2 is 1.80 bits per heavy atom. The molecule has 0 saturated carbocycles. The molecule has 0 saturated heterocycles. The van der Waals surface area contributed by atoms with Crippen LogP contribution < -0.4 is 4.74 Å². The summed E-state index contributed by atoms with van der Waals surface area (Å²) in [4.78, 5) is -0.252. The molecule has 0 spiro atoms. The normalized spacial score (nSPS) is 12.3. The van der Waals surface area contributed by atoms with Crippen LogP contribution in [0.5, 0.6) is 5.75 Å². The van der Waals surface area contributed by atoms with Gasteiger partial charge in [0.05, 0.1) is 16.4 Å². The Morgan fingerprint density at radius 1 is 1.10 bits per heavy atom. The van der Waals surface area contributed by atoms with E-state index in [0.717, 1.165) is 20.1 Å². The predicted molar refractivity (Wildman–Crippen MR) is 90.6 cm³/mol. The molecular weight excluding hydrogens is 478 g/mol. The van der Waals surface area contributed by atoms with Gasteiger partial charge in [0.15, 0.2) is 0 Å². The number of benzene rings is 2. The summed E-state index contributed by atoms with van der Waals surface area (Å²) >= 11 is 16.5. The second-order valence-electron chi connectivity index (χ2n) is 4.04. The van der Waals surface area contributed by atoms with Crippen LogP contribution in [0.2, 0.25) is 5.02 Å². The highest BCUT2D eigenvalue weighted by molar-refractivity contribution is 9.11. The Labute approximate surface area is 146 Å². The van der Waals surface area contributed by atoms with E-state index in [1.807, 2.05) is 0 Å². The van der Waals surface area contributed by atoms with Crippen molar-refractivity contribution in [3.8, 4) is 5.75 Å². The first kappa shape index (κ1) is 16.3. The van der Waals surface area contributed by atoms with Gasteiger partial charge in [-0.25, -0.2) is 4.39 Å². The Morgan fingerprint density at radius 3 is 2.45 bits per heavy atom. The van der Waals surface area contributed by atoms with Crippen LogP contribution in [0.4, 0.5) is 4.39 Å². The Kier molecular flexibility index (Phi) is 5.51. The van der Waals surface area contributed by atoms with Crippen molar-refractivity contribution in [2.75, 3.05) is 7.11 Å². The number of hydrogen-bond donors (Lipinski definition) is 0. The molecule has 0 amide bonds. The standard InChI is InChI=1S/C14H9Br3ClFO/c1-20-14-10(4-7(18)5-12(14)16)13(17)9-6-8(19)2-3-11(9)15/h2-6,13H,1H3. The van der Waals surface area contributed by atoms with E-state index >= 15 is 0 Å². The minimum absolute atomic E-state index is 0.252. The first-order valence-electron chi connectivity index (χ1n) is 5.56. The highest BCUT2D eigenvalue weighted by Crippen LogP contribution is 2.44. The summed E-state index contributed by atoms with van der Waals surface area (Å²) in [5.74, 6) is 0.361. The lowest BCUT2D eigenvalue weighted by Gasteiger charge is -2.17. The maximum absolute atomic E-state index is 13.5. The van der Waals surface area contributed by atoms with Crippen LogP contribution >= 0.6 is 59.4 Å². The van der Waals surface area contributed by atoms with E-state index in [2.05, 4.69) is 47.8 Å². The number of halogens is 5. The summed E-state index contributed by atoms with van der Waals surface area (Å²) in [5.41, 5.74) is 1.58. The minimum atomic E-state index is -0.298. The molecular formula is C14H9Br3ClFO. The largest absolute Gasteiger partial charge is 0.495 e.